The zero-order chi connectivity index (χ0) is 18.3. The third kappa shape index (κ3) is 6.15. The fourth-order valence-corrected chi connectivity index (χ4v) is 2.98. The predicted octanol–water partition coefficient (Wildman–Crippen LogP) is 2.87. The highest BCUT2D eigenvalue weighted by Gasteiger charge is 2.36. The van der Waals surface area contributed by atoms with Gasteiger partial charge in [-0.2, -0.15) is 0 Å². The number of methoxy groups -OCH3 is 1. The lowest BCUT2D eigenvalue weighted by molar-refractivity contribution is -0.142. The molecular weight excluding hydrogens is 308 g/mol. The van der Waals surface area contributed by atoms with Gasteiger partial charge in [0.2, 0.25) is 0 Å². The second-order valence-corrected chi connectivity index (χ2v) is 7.30. The van der Waals surface area contributed by atoms with Crippen LogP contribution in [0, 0.1) is 0 Å². The summed E-state index contributed by atoms with van der Waals surface area (Å²) >= 11 is 0. The number of rotatable bonds is 6. The van der Waals surface area contributed by atoms with Crippen molar-refractivity contribution in [3.63, 3.8) is 0 Å². The second-order valence-electron chi connectivity index (χ2n) is 7.30. The van der Waals surface area contributed by atoms with Crippen LogP contribution >= 0.6 is 0 Å². The van der Waals surface area contributed by atoms with Crippen LogP contribution in [0.1, 0.15) is 53.4 Å². The minimum absolute atomic E-state index is 0.00865. The lowest BCUT2D eigenvalue weighted by atomic mass is 9.93. The topological polar surface area (TPSA) is 67.9 Å². The molecule has 0 aromatic heterocycles. The molecule has 0 radical (unpaired) electrons. The first-order valence-electron chi connectivity index (χ1n) is 8.63. The summed E-state index contributed by atoms with van der Waals surface area (Å²) in [5.41, 5.74) is -0.537. The van der Waals surface area contributed by atoms with Gasteiger partial charge in [-0.3, -0.25) is 4.79 Å². The van der Waals surface area contributed by atoms with E-state index in [-0.39, 0.29) is 24.1 Å². The number of nitrogens with one attached hydrogen (secondary N) is 1. The molecule has 1 saturated heterocycles. The summed E-state index contributed by atoms with van der Waals surface area (Å²) in [7, 11) is 1.37. The molecule has 3 atom stereocenters. The van der Waals surface area contributed by atoms with Crippen molar-refractivity contribution in [2.24, 2.45) is 0 Å². The van der Waals surface area contributed by atoms with Gasteiger partial charge in [-0.25, -0.2) is 4.79 Å². The van der Waals surface area contributed by atoms with Gasteiger partial charge in [0.15, 0.2) is 0 Å². The minimum Gasteiger partial charge on any atom is -0.468 e. The Morgan fingerprint density at radius 3 is 2.50 bits per heavy atom. The van der Waals surface area contributed by atoms with Crippen molar-refractivity contribution in [1.29, 1.82) is 0 Å². The third-order valence-corrected chi connectivity index (χ3v) is 4.12. The van der Waals surface area contributed by atoms with Crippen LogP contribution in [0.25, 0.3) is 0 Å². The van der Waals surface area contributed by atoms with Crippen molar-refractivity contribution < 1.29 is 19.1 Å². The molecule has 1 heterocycles. The molecule has 0 spiro atoms. The van der Waals surface area contributed by atoms with E-state index in [1.165, 1.54) is 7.11 Å². The average Bonchev–Trinajstić information content (AvgIpc) is 2.50. The molecule has 0 aromatic rings. The molecule has 138 valence electrons. The zero-order valence-corrected chi connectivity index (χ0v) is 15.6. The normalized spacial score (nSPS) is 22.6. The molecule has 24 heavy (non-hydrogen) atoms. The maximum Gasteiger partial charge on any atom is 0.410 e. The number of amides is 1. The lowest BCUT2D eigenvalue weighted by Crippen LogP contribution is -2.55. The van der Waals surface area contributed by atoms with Gasteiger partial charge in [-0.05, 0) is 53.4 Å². The number of hydrogen-bond acceptors (Lipinski definition) is 5. The number of carbonyl (C=O) groups excluding carboxylic acids is 2. The monoisotopic (exact) mass is 340 g/mol. The molecule has 1 fully saturated rings. The summed E-state index contributed by atoms with van der Waals surface area (Å²) in [4.78, 5) is 26.1. The largest absolute Gasteiger partial charge is 0.468 e. The van der Waals surface area contributed by atoms with Crippen LogP contribution in [0.2, 0.25) is 0 Å². The molecule has 1 aliphatic heterocycles. The highest BCUT2D eigenvalue weighted by molar-refractivity contribution is 5.75. The Kier molecular flexibility index (Phi) is 7.73. The van der Waals surface area contributed by atoms with Crippen molar-refractivity contribution in [3.05, 3.63) is 12.7 Å². The van der Waals surface area contributed by atoms with Crippen molar-refractivity contribution in [2.45, 2.75) is 77.1 Å². The molecule has 0 saturated carbocycles. The van der Waals surface area contributed by atoms with Crippen molar-refractivity contribution in [3.8, 4) is 0 Å². The number of nitrogens with zero attached hydrogens (tertiary/aromatic N) is 1. The summed E-state index contributed by atoms with van der Waals surface area (Å²) in [6.45, 7) is 11.7. The quantitative estimate of drug-likeness (QED) is 0.595. The van der Waals surface area contributed by atoms with E-state index in [1.54, 1.807) is 6.92 Å². The van der Waals surface area contributed by atoms with Gasteiger partial charge in [-0.15, -0.1) is 6.58 Å². The van der Waals surface area contributed by atoms with Gasteiger partial charge in [-0.1, -0.05) is 6.08 Å². The molecule has 0 aliphatic carbocycles. The van der Waals surface area contributed by atoms with E-state index in [4.69, 9.17) is 9.47 Å². The van der Waals surface area contributed by atoms with Crippen LogP contribution in [0.3, 0.4) is 0 Å². The molecule has 6 nitrogen and oxygen atoms in total. The Hall–Kier alpha value is -1.56. The Labute approximate surface area is 145 Å². The van der Waals surface area contributed by atoms with Crippen molar-refractivity contribution in [1.82, 2.24) is 10.2 Å². The number of piperidine rings is 1. The van der Waals surface area contributed by atoms with Crippen LogP contribution in [0.15, 0.2) is 12.7 Å². The number of carbonyl (C=O) groups is 2. The van der Waals surface area contributed by atoms with Crippen LogP contribution < -0.4 is 5.32 Å². The van der Waals surface area contributed by atoms with E-state index in [0.29, 0.717) is 6.54 Å². The first-order chi connectivity index (χ1) is 11.2. The summed E-state index contributed by atoms with van der Waals surface area (Å²) in [6, 6.07) is -0.327. The third-order valence-electron chi connectivity index (χ3n) is 4.12. The Bertz CT molecular complexity index is 445. The molecule has 1 N–H and O–H groups in total. The molecule has 6 heteroatoms. The molecule has 0 bridgehead atoms. The molecular formula is C18H32N2O4. The first kappa shape index (κ1) is 20.5. The van der Waals surface area contributed by atoms with Gasteiger partial charge in [0.1, 0.15) is 11.6 Å². The molecule has 0 aromatic carbocycles. The van der Waals surface area contributed by atoms with Crippen molar-refractivity contribution >= 4 is 12.1 Å². The fraction of sp³-hybridized carbons (Fsp3) is 0.778. The van der Waals surface area contributed by atoms with Gasteiger partial charge < -0.3 is 19.7 Å². The summed E-state index contributed by atoms with van der Waals surface area (Å²) in [5, 5.41) is 3.16. The van der Waals surface area contributed by atoms with Crippen LogP contribution in [-0.2, 0) is 14.3 Å². The summed E-state index contributed by atoms with van der Waals surface area (Å²) < 4.78 is 10.3. The SMILES string of the molecule is C=CCC1CCCC(CN[C@@H](C)C(=O)OC)N1C(=O)OC(C)(C)C. The zero-order valence-electron chi connectivity index (χ0n) is 15.6. The maximum absolute atomic E-state index is 12.7. The fourth-order valence-electron chi connectivity index (χ4n) is 2.98. The number of likely N-dealkylation sites (tertiary alicyclic amines) is 1. The highest BCUT2D eigenvalue weighted by Crippen LogP contribution is 2.27. The summed E-state index contributed by atoms with van der Waals surface area (Å²) in [6.07, 6.45) is 5.14. The number of esters is 1. The summed E-state index contributed by atoms with van der Waals surface area (Å²) in [5.74, 6) is -0.308. The number of ether oxygens (including phenoxy) is 2. The smallest absolute Gasteiger partial charge is 0.410 e. The van der Waals surface area contributed by atoms with Gasteiger partial charge >= 0.3 is 12.1 Å². The minimum atomic E-state index is -0.537. The Morgan fingerprint density at radius 1 is 1.33 bits per heavy atom. The average molecular weight is 340 g/mol. The number of hydrogen-bond donors (Lipinski definition) is 1. The molecule has 1 amide bonds. The van der Waals surface area contributed by atoms with E-state index in [9.17, 15) is 9.59 Å². The van der Waals surface area contributed by atoms with E-state index in [2.05, 4.69) is 11.9 Å². The second kappa shape index (κ2) is 9.06. The predicted molar refractivity (Wildman–Crippen MR) is 93.8 cm³/mol. The lowest BCUT2D eigenvalue weighted by Gasteiger charge is -2.42. The molecule has 2 unspecified atom stereocenters. The standard InChI is InChI=1S/C18H32N2O4/c1-7-9-14-10-8-11-15(12-19-13(2)16(21)23-6)20(14)17(22)24-18(3,4)5/h7,13-15,19H,1,8-12H2,2-6H3/t13-,14?,15?/m0/s1. The molecule has 1 rings (SSSR count). The van der Waals surface area contributed by atoms with Crippen molar-refractivity contribution in [2.75, 3.05) is 13.7 Å². The molecule has 1 aliphatic rings. The van der Waals surface area contributed by atoms with E-state index in [1.807, 2.05) is 31.7 Å². The van der Waals surface area contributed by atoms with E-state index >= 15 is 0 Å². The van der Waals surface area contributed by atoms with Crippen LogP contribution in [0.4, 0.5) is 4.79 Å². The maximum atomic E-state index is 12.7. The van der Waals surface area contributed by atoms with Crippen LogP contribution in [-0.4, -0.2) is 54.3 Å². The van der Waals surface area contributed by atoms with Gasteiger partial charge in [0, 0.05) is 18.6 Å². The van der Waals surface area contributed by atoms with Gasteiger partial charge in [0.25, 0.3) is 0 Å². The van der Waals surface area contributed by atoms with Crippen LogP contribution in [0.5, 0.6) is 0 Å². The first-order valence-corrected chi connectivity index (χ1v) is 8.63. The highest BCUT2D eigenvalue weighted by atomic mass is 16.6. The van der Waals surface area contributed by atoms with E-state index in [0.717, 1.165) is 25.7 Å². The Balaban J connectivity index is 2.82. The van der Waals surface area contributed by atoms with E-state index < -0.39 is 11.6 Å². The Morgan fingerprint density at radius 2 is 1.96 bits per heavy atom. The van der Waals surface area contributed by atoms with Gasteiger partial charge in [0.05, 0.1) is 7.11 Å².